The van der Waals surface area contributed by atoms with E-state index >= 15 is 0 Å². The third-order valence-corrected chi connectivity index (χ3v) is 3.51. The molecule has 0 bridgehead atoms. The average Bonchev–Trinajstić information content (AvgIpc) is 2.48. The second-order valence-electron chi connectivity index (χ2n) is 4.66. The number of unbranched alkanes of at least 4 members (excludes halogenated alkanes) is 3. The van der Waals surface area contributed by atoms with Gasteiger partial charge in [0.05, 0.1) is 0 Å². The van der Waals surface area contributed by atoms with Gasteiger partial charge >= 0.3 is 0 Å². The molecule has 0 fully saturated rings. The van der Waals surface area contributed by atoms with Gasteiger partial charge in [-0.15, -0.1) is 0 Å². The van der Waals surface area contributed by atoms with Crippen LogP contribution in [0.5, 0.6) is 0 Å². The van der Waals surface area contributed by atoms with Crippen LogP contribution in [-0.4, -0.2) is 43.0 Å². The summed E-state index contributed by atoms with van der Waals surface area (Å²) < 4.78 is 0. The van der Waals surface area contributed by atoms with Crippen LogP contribution in [0.15, 0.2) is 0 Å². The van der Waals surface area contributed by atoms with E-state index in [1.54, 1.807) is 0 Å². The van der Waals surface area contributed by atoms with Crippen LogP contribution in [0.2, 0.25) is 21.1 Å². The Labute approximate surface area is 158 Å². The molecule has 2 rings (SSSR count). The molecule has 130 valence electrons. The molecule has 0 amide bonds. The number of nitrogens with one attached hydrogen (secondary N) is 2. The third kappa shape index (κ3) is 7.12. The van der Waals surface area contributed by atoms with Crippen LogP contribution in [0.4, 0.5) is 11.9 Å². The molecule has 0 aromatic carbocycles. The summed E-state index contributed by atoms with van der Waals surface area (Å²) in [5.74, 6) is 0.760. The molecule has 2 aromatic heterocycles. The van der Waals surface area contributed by atoms with Gasteiger partial charge in [-0.25, -0.2) is 0 Å². The van der Waals surface area contributed by atoms with Crippen LogP contribution in [0, 0.1) is 0 Å². The van der Waals surface area contributed by atoms with Crippen LogP contribution < -0.4 is 10.6 Å². The molecule has 0 spiro atoms. The molecule has 0 atom stereocenters. The maximum absolute atomic E-state index is 5.69. The summed E-state index contributed by atoms with van der Waals surface area (Å²) in [6, 6.07) is 0. The first-order valence-corrected chi connectivity index (χ1v) is 8.66. The topological polar surface area (TPSA) is 101 Å². The van der Waals surface area contributed by atoms with Gasteiger partial charge < -0.3 is 10.6 Å². The SMILES string of the molecule is Clc1nc(Cl)nc(NCCCCCCNc2nc(Cl)nc(Cl)n2)n1. The molecular weight excluding hydrogens is 398 g/mol. The maximum Gasteiger partial charge on any atom is 0.228 e. The van der Waals surface area contributed by atoms with Crippen LogP contribution in [-0.2, 0) is 0 Å². The first kappa shape index (κ1) is 19.1. The third-order valence-electron chi connectivity index (χ3n) is 2.83. The van der Waals surface area contributed by atoms with E-state index in [0.29, 0.717) is 11.9 Å². The highest BCUT2D eigenvalue weighted by Crippen LogP contribution is 2.11. The highest BCUT2D eigenvalue weighted by molar-refractivity contribution is 6.31. The Hall–Kier alpha value is -1.22. The quantitative estimate of drug-likeness (QED) is 0.601. The summed E-state index contributed by atoms with van der Waals surface area (Å²) in [6.07, 6.45) is 4.01. The molecule has 2 heterocycles. The van der Waals surface area contributed by atoms with Gasteiger partial charge in [-0.1, -0.05) is 12.8 Å². The number of halogens is 4. The highest BCUT2D eigenvalue weighted by atomic mass is 35.5. The Balaban J connectivity index is 1.55. The molecule has 0 radical (unpaired) electrons. The molecule has 24 heavy (non-hydrogen) atoms. The van der Waals surface area contributed by atoms with Gasteiger partial charge in [0.25, 0.3) is 0 Å². The minimum Gasteiger partial charge on any atom is -0.354 e. The molecule has 2 aromatic rings. The summed E-state index contributed by atoms with van der Waals surface area (Å²) in [5, 5.41) is 6.39. The molecular formula is C12H14Cl4N8. The van der Waals surface area contributed by atoms with Crippen LogP contribution in [0.3, 0.4) is 0 Å². The molecule has 0 aliphatic rings. The fourth-order valence-corrected chi connectivity index (χ4v) is 2.54. The predicted molar refractivity (Wildman–Crippen MR) is 95.1 cm³/mol. The van der Waals surface area contributed by atoms with Crippen LogP contribution >= 0.6 is 46.4 Å². The lowest BCUT2D eigenvalue weighted by Gasteiger charge is -2.06. The number of nitrogens with zero attached hydrogens (tertiary/aromatic N) is 6. The summed E-state index contributed by atoms with van der Waals surface area (Å²) in [4.78, 5) is 23.1. The Morgan fingerprint density at radius 2 is 0.833 bits per heavy atom. The molecule has 0 saturated heterocycles. The van der Waals surface area contributed by atoms with E-state index in [9.17, 15) is 0 Å². The van der Waals surface area contributed by atoms with Crippen molar-refractivity contribution in [3.8, 4) is 0 Å². The number of hydrogen-bond acceptors (Lipinski definition) is 8. The van der Waals surface area contributed by atoms with Crippen molar-refractivity contribution in [3.63, 3.8) is 0 Å². The fourth-order valence-electron chi connectivity index (χ4n) is 1.81. The van der Waals surface area contributed by atoms with E-state index in [1.165, 1.54) is 0 Å². The molecule has 0 saturated carbocycles. The number of rotatable bonds is 9. The smallest absolute Gasteiger partial charge is 0.228 e. The molecule has 0 aliphatic carbocycles. The Morgan fingerprint density at radius 1 is 0.500 bits per heavy atom. The minimum atomic E-state index is 0.0714. The zero-order valence-corrected chi connectivity index (χ0v) is 15.5. The normalized spacial score (nSPS) is 10.7. The van der Waals surface area contributed by atoms with Gasteiger partial charge in [-0.3, -0.25) is 0 Å². The summed E-state index contributed by atoms with van der Waals surface area (Å²) in [7, 11) is 0. The van der Waals surface area contributed by atoms with E-state index in [1.807, 2.05) is 0 Å². The zero-order chi connectivity index (χ0) is 17.4. The van der Waals surface area contributed by atoms with Crippen molar-refractivity contribution in [2.24, 2.45) is 0 Å². The van der Waals surface area contributed by atoms with E-state index in [2.05, 4.69) is 40.5 Å². The van der Waals surface area contributed by atoms with Crippen molar-refractivity contribution >= 4 is 58.3 Å². The van der Waals surface area contributed by atoms with Crippen molar-refractivity contribution in [2.45, 2.75) is 25.7 Å². The molecule has 8 nitrogen and oxygen atoms in total. The second-order valence-corrected chi connectivity index (χ2v) is 6.01. The van der Waals surface area contributed by atoms with Crippen molar-refractivity contribution in [1.29, 1.82) is 0 Å². The fraction of sp³-hybridized carbons (Fsp3) is 0.500. The standard InChI is InChI=1S/C12H14Cl4N8/c13-7-19-8(14)22-11(21-7)17-5-3-1-2-4-6-18-12-23-9(15)20-10(16)24-12/h1-6H2,(H,17,19,21,22)(H,18,20,23,24). The van der Waals surface area contributed by atoms with Crippen molar-refractivity contribution in [2.75, 3.05) is 23.7 Å². The number of anilines is 2. The summed E-state index contributed by atoms with van der Waals surface area (Å²) in [5.41, 5.74) is 0. The molecule has 12 heteroatoms. The zero-order valence-electron chi connectivity index (χ0n) is 12.4. The molecule has 0 unspecified atom stereocenters. The van der Waals surface area contributed by atoms with Gasteiger partial charge in [0.2, 0.25) is 33.0 Å². The predicted octanol–water partition coefficient (Wildman–Crippen LogP) is 3.75. The lowest BCUT2D eigenvalue weighted by molar-refractivity contribution is 0.667. The molecule has 2 N–H and O–H groups in total. The lowest BCUT2D eigenvalue weighted by atomic mass is 10.2. The van der Waals surface area contributed by atoms with E-state index in [0.717, 1.165) is 38.8 Å². The van der Waals surface area contributed by atoms with E-state index < -0.39 is 0 Å². The highest BCUT2D eigenvalue weighted by Gasteiger charge is 2.03. The van der Waals surface area contributed by atoms with Gasteiger partial charge in [-0.2, -0.15) is 29.9 Å². The van der Waals surface area contributed by atoms with Gasteiger partial charge in [0.1, 0.15) is 0 Å². The van der Waals surface area contributed by atoms with Gasteiger partial charge in [-0.05, 0) is 59.2 Å². The Kier molecular flexibility index (Phi) is 7.90. The van der Waals surface area contributed by atoms with Crippen molar-refractivity contribution in [3.05, 3.63) is 21.1 Å². The molecule has 0 aliphatic heterocycles. The number of aromatic nitrogens is 6. The first-order valence-electron chi connectivity index (χ1n) is 7.15. The van der Waals surface area contributed by atoms with Gasteiger partial charge in [0, 0.05) is 13.1 Å². The second kappa shape index (κ2) is 9.93. The monoisotopic (exact) mass is 410 g/mol. The van der Waals surface area contributed by atoms with Crippen LogP contribution in [0.1, 0.15) is 25.7 Å². The largest absolute Gasteiger partial charge is 0.354 e. The summed E-state index contributed by atoms with van der Waals surface area (Å²) >= 11 is 22.8. The lowest BCUT2D eigenvalue weighted by Crippen LogP contribution is -2.08. The van der Waals surface area contributed by atoms with Crippen molar-refractivity contribution < 1.29 is 0 Å². The van der Waals surface area contributed by atoms with Crippen LogP contribution in [0.25, 0.3) is 0 Å². The Bertz CT molecular complexity index is 574. The van der Waals surface area contributed by atoms with E-state index in [-0.39, 0.29) is 21.1 Å². The average molecular weight is 412 g/mol. The Morgan fingerprint density at radius 3 is 1.17 bits per heavy atom. The maximum atomic E-state index is 5.69. The number of hydrogen-bond donors (Lipinski definition) is 2. The first-order chi connectivity index (χ1) is 11.5. The van der Waals surface area contributed by atoms with Crippen molar-refractivity contribution in [1.82, 2.24) is 29.9 Å². The van der Waals surface area contributed by atoms with E-state index in [4.69, 9.17) is 46.4 Å². The summed E-state index contributed by atoms with van der Waals surface area (Å²) in [6.45, 7) is 1.45. The minimum absolute atomic E-state index is 0.0714. The van der Waals surface area contributed by atoms with Gasteiger partial charge in [0.15, 0.2) is 0 Å².